The Kier molecular flexibility index (Phi) is 4.41. The number of aryl methyl sites for hydroxylation is 1. The summed E-state index contributed by atoms with van der Waals surface area (Å²) in [5.74, 6) is 0.835. The summed E-state index contributed by atoms with van der Waals surface area (Å²) in [7, 11) is -2.21. The Morgan fingerprint density at radius 1 is 1.14 bits per heavy atom. The predicted molar refractivity (Wildman–Crippen MR) is 83.4 cm³/mol. The molecular weight excluding hydrogens is 312 g/mol. The van der Waals surface area contributed by atoms with Gasteiger partial charge in [-0.05, 0) is 49.9 Å². The van der Waals surface area contributed by atoms with Crippen LogP contribution in [0.15, 0.2) is 41.3 Å². The first kappa shape index (κ1) is 15.6. The molecule has 5 nitrogen and oxygen atoms in total. The molecule has 0 amide bonds. The molecule has 0 saturated heterocycles. The molecule has 2 aromatic rings. The molecule has 0 aromatic heterocycles. The van der Waals surface area contributed by atoms with E-state index in [4.69, 9.17) is 22.1 Å². The van der Waals surface area contributed by atoms with E-state index in [1.807, 2.05) is 6.92 Å². The van der Waals surface area contributed by atoms with Crippen molar-refractivity contribution in [2.24, 2.45) is 0 Å². The summed E-state index contributed by atoms with van der Waals surface area (Å²) in [6.45, 7) is 1.84. The number of nitrogens with one attached hydrogen (secondary N) is 1. The predicted octanol–water partition coefficient (Wildman–Crippen LogP) is 2.93. The molecule has 0 atom stereocenters. The van der Waals surface area contributed by atoms with E-state index in [2.05, 4.69) is 4.72 Å². The highest BCUT2D eigenvalue weighted by Crippen LogP contribution is 2.32. The van der Waals surface area contributed by atoms with Crippen LogP contribution in [0.1, 0.15) is 5.56 Å². The Bertz CT molecular complexity index is 776. The highest BCUT2D eigenvalue weighted by molar-refractivity contribution is 7.89. The third kappa shape index (κ3) is 3.47. The topological polar surface area (TPSA) is 81.4 Å². The van der Waals surface area contributed by atoms with Crippen LogP contribution in [-0.2, 0) is 10.0 Å². The highest BCUT2D eigenvalue weighted by atomic mass is 35.5. The quantitative estimate of drug-likeness (QED) is 0.846. The molecule has 0 bridgehead atoms. The molecule has 0 aliphatic rings. The largest absolute Gasteiger partial charge is 0.455 e. The van der Waals surface area contributed by atoms with Crippen molar-refractivity contribution in [3.8, 4) is 11.5 Å². The first-order valence-electron chi connectivity index (χ1n) is 6.10. The first-order chi connectivity index (χ1) is 9.83. The van der Waals surface area contributed by atoms with Gasteiger partial charge in [0, 0.05) is 11.1 Å². The highest BCUT2D eigenvalue weighted by Gasteiger charge is 2.14. The number of anilines is 1. The fourth-order valence-corrected chi connectivity index (χ4v) is 2.71. The van der Waals surface area contributed by atoms with Crippen LogP contribution in [0.3, 0.4) is 0 Å². The number of rotatable bonds is 4. The number of nitrogen functional groups attached to an aromatic ring is 1. The van der Waals surface area contributed by atoms with Crippen LogP contribution in [0, 0.1) is 6.92 Å². The second kappa shape index (κ2) is 5.93. The van der Waals surface area contributed by atoms with Gasteiger partial charge in [-0.25, -0.2) is 13.1 Å². The Labute approximate surface area is 128 Å². The van der Waals surface area contributed by atoms with Crippen molar-refractivity contribution in [3.63, 3.8) is 0 Å². The lowest BCUT2D eigenvalue weighted by atomic mass is 10.2. The molecule has 21 heavy (non-hydrogen) atoms. The molecule has 0 unspecified atom stereocenters. The van der Waals surface area contributed by atoms with Crippen molar-refractivity contribution in [1.29, 1.82) is 0 Å². The van der Waals surface area contributed by atoms with Crippen molar-refractivity contribution in [3.05, 3.63) is 47.0 Å². The molecule has 0 heterocycles. The number of sulfonamides is 1. The van der Waals surface area contributed by atoms with E-state index in [0.717, 1.165) is 5.56 Å². The number of nitrogens with two attached hydrogens (primary N) is 1. The summed E-state index contributed by atoms with van der Waals surface area (Å²) in [5, 5.41) is 0.597. The minimum Gasteiger partial charge on any atom is -0.455 e. The Morgan fingerprint density at radius 2 is 1.86 bits per heavy atom. The van der Waals surface area contributed by atoms with Crippen LogP contribution in [-0.4, -0.2) is 15.5 Å². The van der Waals surface area contributed by atoms with E-state index in [1.165, 1.54) is 25.2 Å². The van der Waals surface area contributed by atoms with Crippen LogP contribution in [0.4, 0.5) is 5.69 Å². The maximum atomic E-state index is 11.8. The Hall–Kier alpha value is -1.76. The van der Waals surface area contributed by atoms with E-state index in [0.29, 0.717) is 16.5 Å². The summed E-state index contributed by atoms with van der Waals surface area (Å²) < 4.78 is 31.6. The normalized spacial score (nSPS) is 11.4. The van der Waals surface area contributed by atoms with Gasteiger partial charge in [0.25, 0.3) is 0 Å². The van der Waals surface area contributed by atoms with E-state index in [-0.39, 0.29) is 10.6 Å². The maximum Gasteiger partial charge on any atom is 0.240 e. The van der Waals surface area contributed by atoms with Gasteiger partial charge in [0.1, 0.15) is 5.75 Å². The van der Waals surface area contributed by atoms with Crippen LogP contribution in [0.2, 0.25) is 5.02 Å². The fraction of sp³-hybridized carbons (Fsp3) is 0.143. The molecule has 0 aliphatic carbocycles. The summed E-state index contributed by atoms with van der Waals surface area (Å²) in [6, 6.07) is 9.44. The molecule has 7 heteroatoms. The lowest BCUT2D eigenvalue weighted by Gasteiger charge is -2.12. The Morgan fingerprint density at radius 3 is 2.48 bits per heavy atom. The minimum atomic E-state index is -3.55. The minimum absolute atomic E-state index is 0.0841. The third-order valence-corrected chi connectivity index (χ3v) is 4.57. The van der Waals surface area contributed by atoms with Gasteiger partial charge in [0.05, 0.1) is 10.6 Å². The zero-order valence-electron chi connectivity index (χ0n) is 11.6. The van der Waals surface area contributed by atoms with Gasteiger partial charge in [-0.1, -0.05) is 11.6 Å². The standard InChI is InChI=1S/C14H15ClN2O3S/c1-9-7-10(15)3-6-13(9)20-14-8-11(4-5-12(14)16)21(18,19)17-2/h3-8,17H,16H2,1-2H3. The second-order valence-electron chi connectivity index (χ2n) is 4.42. The summed E-state index contributed by atoms with van der Waals surface area (Å²) in [6.07, 6.45) is 0. The van der Waals surface area contributed by atoms with Crippen molar-refractivity contribution in [2.75, 3.05) is 12.8 Å². The number of benzene rings is 2. The molecule has 0 fully saturated rings. The van der Waals surface area contributed by atoms with E-state index >= 15 is 0 Å². The third-order valence-electron chi connectivity index (χ3n) is 2.92. The zero-order valence-corrected chi connectivity index (χ0v) is 13.1. The summed E-state index contributed by atoms with van der Waals surface area (Å²) in [5.41, 5.74) is 7.01. The zero-order chi connectivity index (χ0) is 15.6. The average molecular weight is 327 g/mol. The fourth-order valence-electron chi connectivity index (χ4n) is 1.73. The van der Waals surface area contributed by atoms with E-state index < -0.39 is 10.0 Å². The number of hydrogen-bond donors (Lipinski definition) is 2. The molecule has 2 rings (SSSR count). The van der Waals surface area contributed by atoms with Gasteiger partial charge in [-0.15, -0.1) is 0 Å². The smallest absolute Gasteiger partial charge is 0.240 e. The van der Waals surface area contributed by atoms with E-state index in [1.54, 1.807) is 18.2 Å². The number of hydrogen-bond acceptors (Lipinski definition) is 4. The van der Waals surface area contributed by atoms with Gasteiger partial charge >= 0.3 is 0 Å². The van der Waals surface area contributed by atoms with Gasteiger partial charge in [0.2, 0.25) is 10.0 Å². The number of halogens is 1. The van der Waals surface area contributed by atoms with Crippen molar-refractivity contribution in [2.45, 2.75) is 11.8 Å². The maximum absolute atomic E-state index is 11.8. The molecule has 0 spiro atoms. The van der Waals surface area contributed by atoms with Crippen molar-refractivity contribution in [1.82, 2.24) is 4.72 Å². The molecule has 0 radical (unpaired) electrons. The van der Waals surface area contributed by atoms with Gasteiger partial charge in [0.15, 0.2) is 5.75 Å². The first-order valence-corrected chi connectivity index (χ1v) is 7.96. The summed E-state index contributed by atoms with van der Waals surface area (Å²) >= 11 is 5.89. The van der Waals surface area contributed by atoms with Crippen LogP contribution in [0.25, 0.3) is 0 Å². The SMILES string of the molecule is CNS(=O)(=O)c1ccc(N)c(Oc2ccc(Cl)cc2C)c1. The average Bonchev–Trinajstić information content (AvgIpc) is 2.43. The van der Waals surface area contributed by atoms with Crippen molar-refractivity contribution >= 4 is 27.3 Å². The second-order valence-corrected chi connectivity index (χ2v) is 6.74. The van der Waals surface area contributed by atoms with Crippen molar-refractivity contribution < 1.29 is 13.2 Å². The molecule has 0 aliphatic heterocycles. The molecule has 112 valence electrons. The monoisotopic (exact) mass is 326 g/mol. The van der Waals surface area contributed by atoms with Gasteiger partial charge < -0.3 is 10.5 Å². The lowest BCUT2D eigenvalue weighted by Crippen LogP contribution is -2.18. The molecule has 0 saturated carbocycles. The molecular formula is C14H15ClN2O3S. The van der Waals surface area contributed by atoms with Crippen LogP contribution < -0.4 is 15.2 Å². The molecule has 2 aromatic carbocycles. The van der Waals surface area contributed by atoms with Crippen LogP contribution >= 0.6 is 11.6 Å². The Balaban J connectivity index is 2.42. The van der Waals surface area contributed by atoms with Gasteiger partial charge in [-0.2, -0.15) is 0 Å². The number of ether oxygens (including phenoxy) is 1. The lowest BCUT2D eigenvalue weighted by molar-refractivity contribution is 0.479. The summed E-state index contributed by atoms with van der Waals surface area (Å²) in [4.78, 5) is 0.0841. The van der Waals surface area contributed by atoms with E-state index in [9.17, 15) is 8.42 Å². The molecule has 3 N–H and O–H groups in total. The van der Waals surface area contributed by atoms with Gasteiger partial charge in [-0.3, -0.25) is 0 Å². The van der Waals surface area contributed by atoms with Crippen LogP contribution in [0.5, 0.6) is 11.5 Å².